The van der Waals surface area contributed by atoms with Gasteiger partial charge in [0.2, 0.25) is 0 Å². The highest BCUT2D eigenvalue weighted by Gasteiger charge is 2.46. The number of hydrogen-bond acceptors (Lipinski definition) is 6. The third-order valence-corrected chi connectivity index (χ3v) is 8.87. The highest BCUT2D eigenvalue weighted by atomic mass is 31.2. The molecular formula is C15H30N2O6P2. The van der Waals surface area contributed by atoms with Crippen molar-refractivity contribution in [1.82, 2.24) is 9.34 Å². The molecule has 0 saturated carbocycles. The first-order chi connectivity index (χ1) is 11.5. The lowest BCUT2D eigenvalue weighted by Gasteiger charge is -2.42. The SMILES string of the molecule is CC1(C)CCOP(=O)(N2CCN(P3(=O)OCC(C)(C)CO3)CC2)OC1. The minimum Gasteiger partial charge on any atom is -0.297 e. The zero-order valence-electron chi connectivity index (χ0n) is 15.6. The van der Waals surface area contributed by atoms with E-state index in [9.17, 15) is 9.13 Å². The zero-order chi connectivity index (χ0) is 18.3. The van der Waals surface area contributed by atoms with Crippen LogP contribution in [0.4, 0.5) is 0 Å². The fourth-order valence-corrected chi connectivity index (χ4v) is 6.90. The lowest BCUT2D eigenvalue weighted by atomic mass is 9.91. The van der Waals surface area contributed by atoms with Crippen LogP contribution in [0.3, 0.4) is 0 Å². The van der Waals surface area contributed by atoms with E-state index in [1.54, 1.807) is 9.34 Å². The van der Waals surface area contributed by atoms with Gasteiger partial charge in [0.05, 0.1) is 26.4 Å². The van der Waals surface area contributed by atoms with E-state index in [0.29, 0.717) is 52.6 Å². The Labute approximate surface area is 150 Å². The molecule has 0 aromatic rings. The second-order valence-corrected chi connectivity index (χ2v) is 12.6. The van der Waals surface area contributed by atoms with Crippen molar-refractivity contribution in [2.75, 3.05) is 52.6 Å². The lowest BCUT2D eigenvalue weighted by Crippen LogP contribution is -2.45. The second-order valence-electron chi connectivity index (χ2n) is 8.58. The van der Waals surface area contributed by atoms with Crippen LogP contribution in [-0.4, -0.2) is 61.9 Å². The maximum absolute atomic E-state index is 13.1. The molecular weight excluding hydrogens is 366 g/mol. The topological polar surface area (TPSA) is 77.5 Å². The van der Waals surface area contributed by atoms with E-state index in [2.05, 4.69) is 13.8 Å². The van der Waals surface area contributed by atoms with E-state index in [-0.39, 0.29) is 10.8 Å². The number of piperazine rings is 1. The Morgan fingerprint density at radius 2 is 1.08 bits per heavy atom. The van der Waals surface area contributed by atoms with Gasteiger partial charge in [0.15, 0.2) is 0 Å². The van der Waals surface area contributed by atoms with Gasteiger partial charge in [-0.3, -0.25) is 18.1 Å². The minimum atomic E-state index is -3.29. The molecule has 0 bridgehead atoms. The van der Waals surface area contributed by atoms with Crippen LogP contribution in [0, 0.1) is 10.8 Å². The van der Waals surface area contributed by atoms with Crippen LogP contribution in [-0.2, 0) is 27.2 Å². The zero-order valence-corrected chi connectivity index (χ0v) is 17.4. The Kier molecular flexibility index (Phi) is 5.58. The average molecular weight is 396 g/mol. The maximum Gasteiger partial charge on any atom is 0.408 e. The smallest absolute Gasteiger partial charge is 0.297 e. The van der Waals surface area contributed by atoms with Crippen molar-refractivity contribution in [3.8, 4) is 0 Å². The largest absolute Gasteiger partial charge is 0.408 e. The van der Waals surface area contributed by atoms with E-state index >= 15 is 0 Å². The van der Waals surface area contributed by atoms with Gasteiger partial charge in [-0.1, -0.05) is 27.7 Å². The molecule has 146 valence electrons. The molecule has 0 spiro atoms. The van der Waals surface area contributed by atoms with E-state index in [1.807, 2.05) is 13.8 Å². The highest BCUT2D eigenvalue weighted by molar-refractivity contribution is 7.51. The first-order valence-electron chi connectivity index (χ1n) is 8.83. The summed E-state index contributed by atoms with van der Waals surface area (Å²) in [6.45, 7) is 11.6. The first kappa shape index (κ1) is 20.0. The molecule has 3 heterocycles. The summed E-state index contributed by atoms with van der Waals surface area (Å²) >= 11 is 0. The minimum absolute atomic E-state index is 0.0465. The maximum atomic E-state index is 13.1. The van der Waals surface area contributed by atoms with E-state index in [0.717, 1.165) is 6.42 Å². The van der Waals surface area contributed by atoms with Gasteiger partial charge in [0.25, 0.3) is 0 Å². The molecule has 0 amide bonds. The van der Waals surface area contributed by atoms with Crippen molar-refractivity contribution in [3.05, 3.63) is 0 Å². The summed E-state index contributed by atoms with van der Waals surface area (Å²) < 4.78 is 51.9. The van der Waals surface area contributed by atoms with Crippen LogP contribution in [0.5, 0.6) is 0 Å². The van der Waals surface area contributed by atoms with Gasteiger partial charge in [-0.2, -0.15) is 0 Å². The third kappa shape index (κ3) is 4.56. The van der Waals surface area contributed by atoms with Gasteiger partial charge in [-0.15, -0.1) is 0 Å². The van der Waals surface area contributed by atoms with E-state index in [1.165, 1.54) is 0 Å². The summed E-state index contributed by atoms with van der Waals surface area (Å²) in [7, 11) is -6.54. The monoisotopic (exact) mass is 396 g/mol. The van der Waals surface area contributed by atoms with Crippen molar-refractivity contribution < 1.29 is 27.2 Å². The highest BCUT2D eigenvalue weighted by Crippen LogP contribution is 2.59. The molecule has 8 nitrogen and oxygen atoms in total. The van der Waals surface area contributed by atoms with Crippen molar-refractivity contribution in [1.29, 1.82) is 0 Å². The average Bonchev–Trinajstić information content (AvgIpc) is 2.70. The van der Waals surface area contributed by atoms with Gasteiger partial charge in [0.1, 0.15) is 0 Å². The normalized spacial score (nSPS) is 36.6. The molecule has 3 rings (SSSR count). The lowest BCUT2D eigenvalue weighted by molar-refractivity contribution is 0.0161. The van der Waals surface area contributed by atoms with E-state index in [4.69, 9.17) is 18.1 Å². The van der Waals surface area contributed by atoms with Crippen LogP contribution in [0.1, 0.15) is 34.1 Å². The molecule has 0 aromatic carbocycles. The van der Waals surface area contributed by atoms with Crippen LogP contribution in [0.25, 0.3) is 0 Å². The standard InChI is InChI=1S/C15H30N2O6P2/c1-14(2)5-10-20-24(18,21-11-14)16-6-8-17(9-7-16)25(19)22-12-15(3,4)13-23-25/h5-13H2,1-4H3. The quantitative estimate of drug-likeness (QED) is 0.658. The fourth-order valence-electron chi connectivity index (χ4n) is 2.90. The first-order valence-corrected chi connectivity index (χ1v) is 11.8. The molecule has 3 fully saturated rings. The molecule has 3 saturated heterocycles. The summed E-state index contributed by atoms with van der Waals surface area (Å²) in [6.07, 6.45) is 0.809. The molecule has 0 aliphatic carbocycles. The molecule has 25 heavy (non-hydrogen) atoms. The van der Waals surface area contributed by atoms with Gasteiger partial charge in [-0.25, -0.2) is 18.5 Å². The van der Waals surface area contributed by atoms with Gasteiger partial charge in [-0.05, 0) is 11.8 Å². The Morgan fingerprint density at radius 3 is 1.56 bits per heavy atom. The number of rotatable bonds is 2. The van der Waals surface area contributed by atoms with Gasteiger partial charge in [0, 0.05) is 31.6 Å². The Morgan fingerprint density at radius 1 is 0.680 bits per heavy atom. The van der Waals surface area contributed by atoms with Crippen LogP contribution < -0.4 is 0 Å². The Hall–Kier alpha value is 0.220. The molecule has 0 N–H and O–H groups in total. The van der Waals surface area contributed by atoms with Crippen molar-refractivity contribution in [2.45, 2.75) is 34.1 Å². The molecule has 0 aromatic heterocycles. The Balaban J connectivity index is 1.58. The van der Waals surface area contributed by atoms with Gasteiger partial charge >= 0.3 is 15.5 Å². The molecule has 1 unspecified atom stereocenters. The number of hydrogen-bond donors (Lipinski definition) is 0. The number of nitrogens with zero attached hydrogens (tertiary/aromatic N) is 2. The molecule has 1 atom stereocenters. The van der Waals surface area contributed by atoms with Crippen molar-refractivity contribution in [2.24, 2.45) is 10.8 Å². The summed E-state index contributed by atoms with van der Waals surface area (Å²) in [6, 6.07) is 0. The summed E-state index contributed by atoms with van der Waals surface area (Å²) in [4.78, 5) is 0. The molecule has 3 aliphatic rings. The Bertz CT molecular complexity index is 575. The fraction of sp³-hybridized carbons (Fsp3) is 1.00. The van der Waals surface area contributed by atoms with Crippen LogP contribution in [0.15, 0.2) is 0 Å². The summed E-state index contributed by atoms with van der Waals surface area (Å²) in [5, 5.41) is 0. The molecule has 0 radical (unpaired) electrons. The molecule has 10 heteroatoms. The van der Waals surface area contributed by atoms with Crippen LogP contribution >= 0.6 is 15.5 Å². The van der Waals surface area contributed by atoms with Crippen molar-refractivity contribution in [3.63, 3.8) is 0 Å². The molecule has 3 aliphatic heterocycles. The predicted octanol–water partition coefficient (Wildman–Crippen LogP) is 3.36. The van der Waals surface area contributed by atoms with Gasteiger partial charge < -0.3 is 0 Å². The predicted molar refractivity (Wildman–Crippen MR) is 94.3 cm³/mol. The summed E-state index contributed by atoms with van der Waals surface area (Å²) in [5.74, 6) is 0. The second kappa shape index (κ2) is 6.99. The van der Waals surface area contributed by atoms with Crippen molar-refractivity contribution >= 4 is 15.5 Å². The van der Waals surface area contributed by atoms with Crippen LogP contribution in [0.2, 0.25) is 0 Å². The third-order valence-electron chi connectivity index (χ3n) is 4.81. The summed E-state index contributed by atoms with van der Waals surface area (Å²) in [5.41, 5.74) is -0.176. The van der Waals surface area contributed by atoms with E-state index < -0.39 is 15.5 Å².